The van der Waals surface area contributed by atoms with E-state index in [1.54, 1.807) is 12.1 Å². The Labute approximate surface area is 99.1 Å². The van der Waals surface area contributed by atoms with Crippen LogP contribution >= 0.6 is 0 Å². The van der Waals surface area contributed by atoms with Crippen LogP contribution in [-0.2, 0) is 11.3 Å². The minimum atomic E-state index is -1.20. The monoisotopic (exact) mass is 239 g/mol. The molecule has 17 heavy (non-hydrogen) atoms. The van der Waals surface area contributed by atoms with Gasteiger partial charge in [0.2, 0.25) is 6.08 Å². The summed E-state index contributed by atoms with van der Waals surface area (Å²) < 4.78 is 23.7. The Hall–Kier alpha value is -1.87. The van der Waals surface area contributed by atoms with Crippen molar-refractivity contribution >= 4 is 6.08 Å². The number of ether oxygens (including phenoxy) is 2. The molecule has 1 unspecified atom stereocenters. The van der Waals surface area contributed by atoms with Crippen molar-refractivity contribution in [1.29, 1.82) is 0 Å². The first-order valence-corrected chi connectivity index (χ1v) is 5.06. The summed E-state index contributed by atoms with van der Waals surface area (Å²) >= 11 is 0. The molecule has 0 N–H and O–H groups in total. The molecule has 92 valence electrons. The first-order valence-electron chi connectivity index (χ1n) is 5.06. The van der Waals surface area contributed by atoms with Gasteiger partial charge in [0.15, 0.2) is 11.5 Å². The molecule has 5 heteroatoms. The van der Waals surface area contributed by atoms with Gasteiger partial charge in [-0.15, -0.1) is 0 Å². The van der Waals surface area contributed by atoms with Gasteiger partial charge in [-0.25, -0.2) is 14.2 Å². The van der Waals surface area contributed by atoms with Crippen molar-refractivity contribution in [2.75, 3.05) is 14.2 Å². The predicted octanol–water partition coefficient (Wildman–Crippen LogP) is 2.57. The number of hydrogen-bond acceptors (Lipinski definition) is 4. The summed E-state index contributed by atoms with van der Waals surface area (Å²) in [6.07, 6.45) is 0.245. The van der Waals surface area contributed by atoms with Gasteiger partial charge in [0.25, 0.3) is 0 Å². The van der Waals surface area contributed by atoms with Gasteiger partial charge in [0.05, 0.1) is 20.8 Å². The summed E-state index contributed by atoms with van der Waals surface area (Å²) in [4.78, 5) is 13.5. The molecular weight excluding hydrogens is 225 g/mol. The van der Waals surface area contributed by atoms with E-state index in [1.165, 1.54) is 27.2 Å². The largest absolute Gasteiger partial charge is 0.493 e. The number of isocyanates is 1. The number of halogens is 1. The molecule has 1 rings (SSSR count). The van der Waals surface area contributed by atoms with E-state index in [1.807, 2.05) is 0 Å². The second-order valence-corrected chi connectivity index (χ2v) is 3.44. The molecule has 0 aromatic heterocycles. The van der Waals surface area contributed by atoms with Gasteiger partial charge in [-0.2, -0.15) is 0 Å². The number of aliphatic imine (C=N–C) groups is 1. The maximum atomic E-state index is 13.5. The lowest BCUT2D eigenvalue weighted by atomic mass is 10.1. The van der Waals surface area contributed by atoms with Crippen LogP contribution in [0, 0.1) is 0 Å². The molecule has 0 amide bonds. The topological polar surface area (TPSA) is 47.9 Å². The number of methoxy groups -OCH3 is 2. The van der Waals surface area contributed by atoms with E-state index in [0.717, 1.165) is 0 Å². The third-order valence-electron chi connectivity index (χ3n) is 2.32. The minimum absolute atomic E-state index is 0.142. The number of carbonyl (C=O) groups excluding carboxylic acids is 1. The average molecular weight is 239 g/mol. The van der Waals surface area contributed by atoms with Crippen molar-refractivity contribution in [1.82, 2.24) is 0 Å². The molecule has 0 aliphatic rings. The number of rotatable bonds is 5. The van der Waals surface area contributed by atoms with Crippen LogP contribution in [0.5, 0.6) is 11.5 Å². The molecule has 1 atom stereocenters. The highest BCUT2D eigenvalue weighted by molar-refractivity contribution is 5.50. The molecule has 0 heterocycles. The van der Waals surface area contributed by atoms with Crippen LogP contribution < -0.4 is 9.47 Å². The maximum Gasteiger partial charge on any atom is 0.235 e. The fourth-order valence-electron chi connectivity index (χ4n) is 1.56. The normalized spacial score (nSPS) is 11.5. The summed E-state index contributed by atoms with van der Waals surface area (Å²) in [6, 6.07) is 3.26. The van der Waals surface area contributed by atoms with Crippen molar-refractivity contribution in [3.8, 4) is 11.5 Å². The molecule has 0 radical (unpaired) electrons. The summed E-state index contributed by atoms with van der Waals surface area (Å²) in [6.45, 7) is 1.55. The molecule has 1 aromatic carbocycles. The maximum absolute atomic E-state index is 13.5. The number of benzene rings is 1. The lowest BCUT2D eigenvalue weighted by molar-refractivity contribution is 0.323. The summed E-state index contributed by atoms with van der Waals surface area (Å²) in [5, 5.41) is 0. The molecule has 1 aromatic rings. The van der Waals surface area contributed by atoms with Gasteiger partial charge in [-0.3, -0.25) is 0 Å². The van der Waals surface area contributed by atoms with E-state index in [2.05, 4.69) is 4.99 Å². The van der Waals surface area contributed by atoms with Crippen LogP contribution in [-0.4, -0.2) is 20.3 Å². The van der Waals surface area contributed by atoms with Gasteiger partial charge in [0.1, 0.15) is 6.17 Å². The SMILES string of the molecule is COc1cc(CN=C=O)cc(C(C)F)c1OC. The quantitative estimate of drug-likeness (QED) is 0.586. The molecule has 0 aliphatic carbocycles. The van der Waals surface area contributed by atoms with Crippen LogP contribution in [0.2, 0.25) is 0 Å². The fraction of sp³-hybridized carbons (Fsp3) is 0.417. The molecule has 0 fully saturated rings. The van der Waals surface area contributed by atoms with Crippen molar-refractivity contribution < 1.29 is 18.7 Å². The Morgan fingerprint density at radius 2 is 2.12 bits per heavy atom. The number of alkyl halides is 1. The van der Waals surface area contributed by atoms with Crippen LogP contribution in [0.4, 0.5) is 4.39 Å². The zero-order valence-corrected chi connectivity index (χ0v) is 9.99. The van der Waals surface area contributed by atoms with Crippen molar-refractivity contribution in [3.63, 3.8) is 0 Å². The molecule has 0 bridgehead atoms. The third kappa shape index (κ3) is 3.04. The highest BCUT2D eigenvalue weighted by atomic mass is 19.1. The standard InChI is InChI=1S/C12H14FNO3/c1-8(13)10-4-9(6-14-7-15)5-11(16-2)12(10)17-3/h4-5,8H,6H2,1-3H3. The van der Waals surface area contributed by atoms with Gasteiger partial charge in [0, 0.05) is 5.56 Å². The van der Waals surface area contributed by atoms with Crippen LogP contribution in [0.1, 0.15) is 24.2 Å². The van der Waals surface area contributed by atoms with Gasteiger partial charge in [-0.05, 0) is 24.6 Å². The Balaban J connectivity index is 3.28. The lowest BCUT2D eigenvalue weighted by Crippen LogP contribution is -1.99. The minimum Gasteiger partial charge on any atom is -0.493 e. The predicted molar refractivity (Wildman–Crippen MR) is 60.9 cm³/mol. The van der Waals surface area contributed by atoms with Crippen LogP contribution in [0.25, 0.3) is 0 Å². The van der Waals surface area contributed by atoms with Gasteiger partial charge >= 0.3 is 0 Å². The van der Waals surface area contributed by atoms with Crippen molar-refractivity contribution in [2.24, 2.45) is 4.99 Å². The van der Waals surface area contributed by atoms with Gasteiger partial charge in [-0.1, -0.05) is 0 Å². The van der Waals surface area contributed by atoms with Crippen LogP contribution in [0.3, 0.4) is 0 Å². The third-order valence-corrected chi connectivity index (χ3v) is 2.32. The van der Waals surface area contributed by atoms with Crippen molar-refractivity contribution in [3.05, 3.63) is 23.3 Å². The Kier molecular flexibility index (Phi) is 4.67. The average Bonchev–Trinajstić information content (AvgIpc) is 2.34. The lowest BCUT2D eigenvalue weighted by Gasteiger charge is -2.15. The van der Waals surface area contributed by atoms with Crippen LogP contribution in [0.15, 0.2) is 17.1 Å². The van der Waals surface area contributed by atoms with E-state index in [0.29, 0.717) is 22.6 Å². The molecule has 0 saturated heterocycles. The smallest absolute Gasteiger partial charge is 0.235 e. The zero-order valence-electron chi connectivity index (χ0n) is 9.99. The fourth-order valence-corrected chi connectivity index (χ4v) is 1.56. The van der Waals surface area contributed by atoms with E-state index in [4.69, 9.17) is 9.47 Å². The Morgan fingerprint density at radius 3 is 2.59 bits per heavy atom. The number of nitrogens with zero attached hydrogens (tertiary/aromatic N) is 1. The summed E-state index contributed by atoms with van der Waals surface area (Å²) in [5.74, 6) is 0.784. The molecule has 0 aliphatic heterocycles. The van der Waals surface area contributed by atoms with E-state index >= 15 is 0 Å². The Bertz CT molecular complexity index is 440. The van der Waals surface area contributed by atoms with Crippen molar-refractivity contribution in [2.45, 2.75) is 19.6 Å². The summed E-state index contributed by atoms with van der Waals surface area (Å²) in [7, 11) is 2.92. The summed E-state index contributed by atoms with van der Waals surface area (Å²) in [5.41, 5.74) is 1.05. The zero-order chi connectivity index (χ0) is 12.8. The van der Waals surface area contributed by atoms with E-state index in [9.17, 15) is 9.18 Å². The second kappa shape index (κ2) is 6.01. The molecule has 0 spiro atoms. The second-order valence-electron chi connectivity index (χ2n) is 3.44. The highest BCUT2D eigenvalue weighted by Gasteiger charge is 2.16. The van der Waals surface area contributed by atoms with E-state index < -0.39 is 6.17 Å². The molecular formula is C12H14FNO3. The highest BCUT2D eigenvalue weighted by Crippen LogP contribution is 2.37. The first-order chi connectivity index (χ1) is 8.13. The molecule has 0 saturated carbocycles. The molecule has 4 nitrogen and oxygen atoms in total. The number of hydrogen-bond donors (Lipinski definition) is 0. The van der Waals surface area contributed by atoms with E-state index in [-0.39, 0.29) is 6.54 Å². The first kappa shape index (κ1) is 13.2. The Morgan fingerprint density at radius 1 is 1.41 bits per heavy atom. The van der Waals surface area contributed by atoms with Gasteiger partial charge < -0.3 is 9.47 Å².